The van der Waals surface area contributed by atoms with Gasteiger partial charge in [0.1, 0.15) is 0 Å². The molecule has 1 saturated carbocycles. The van der Waals surface area contributed by atoms with Crippen LogP contribution in [-0.2, 0) is 4.74 Å². The van der Waals surface area contributed by atoms with Gasteiger partial charge in [-0.15, -0.1) is 0 Å². The van der Waals surface area contributed by atoms with Crippen LogP contribution in [-0.4, -0.2) is 18.2 Å². The fourth-order valence-electron chi connectivity index (χ4n) is 2.20. The first-order valence-electron chi connectivity index (χ1n) is 6.19. The van der Waals surface area contributed by atoms with Crippen molar-refractivity contribution in [2.75, 3.05) is 0 Å². The zero-order valence-corrected chi connectivity index (χ0v) is 9.67. The van der Waals surface area contributed by atoms with Crippen LogP contribution in [0.3, 0.4) is 0 Å². The smallest absolute Gasteiger partial charge is 0.0729 e. The van der Waals surface area contributed by atoms with Crippen LogP contribution in [0.25, 0.3) is 0 Å². The molecule has 1 aliphatic rings. The maximum absolute atomic E-state index is 6.11. The van der Waals surface area contributed by atoms with Crippen LogP contribution in [0.4, 0.5) is 0 Å². The summed E-state index contributed by atoms with van der Waals surface area (Å²) in [5.74, 6) is 0. The predicted octanol–water partition coefficient (Wildman–Crippen LogP) is 2.85. The van der Waals surface area contributed by atoms with Crippen molar-refractivity contribution in [2.24, 2.45) is 5.73 Å². The first-order valence-corrected chi connectivity index (χ1v) is 6.19. The highest BCUT2D eigenvalue weighted by atomic mass is 16.5. The van der Waals surface area contributed by atoms with Crippen LogP contribution in [0.15, 0.2) is 0 Å². The molecule has 14 heavy (non-hydrogen) atoms. The summed E-state index contributed by atoms with van der Waals surface area (Å²) in [6.07, 6.45) is 9.17. The largest absolute Gasteiger partial charge is 0.373 e. The average molecular weight is 199 g/mol. The second kappa shape index (κ2) is 6.41. The van der Waals surface area contributed by atoms with Crippen molar-refractivity contribution in [2.45, 2.75) is 77.0 Å². The molecule has 2 nitrogen and oxygen atoms in total. The third-order valence-corrected chi connectivity index (χ3v) is 3.28. The van der Waals surface area contributed by atoms with Gasteiger partial charge in [-0.25, -0.2) is 0 Å². The minimum atomic E-state index is 0.276. The van der Waals surface area contributed by atoms with Crippen molar-refractivity contribution in [3.8, 4) is 0 Å². The fraction of sp³-hybridized carbons (Fsp3) is 1.00. The lowest BCUT2D eigenvalue weighted by atomic mass is 10.1. The van der Waals surface area contributed by atoms with Crippen molar-refractivity contribution < 1.29 is 4.74 Å². The highest BCUT2D eigenvalue weighted by Crippen LogP contribution is 2.21. The molecule has 1 aliphatic carbocycles. The van der Waals surface area contributed by atoms with E-state index in [9.17, 15) is 0 Å². The monoisotopic (exact) mass is 199 g/mol. The molecule has 0 aromatic carbocycles. The second-order valence-electron chi connectivity index (χ2n) is 4.41. The van der Waals surface area contributed by atoms with Gasteiger partial charge in [-0.3, -0.25) is 0 Å². The molecule has 2 N–H and O–H groups in total. The summed E-state index contributed by atoms with van der Waals surface area (Å²) in [6.45, 7) is 4.38. The van der Waals surface area contributed by atoms with Gasteiger partial charge in [-0.2, -0.15) is 0 Å². The summed E-state index contributed by atoms with van der Waals surface area (Å²) < 4.78 is 6.06. The van der Waals surface area contributed by atoms with Gasteiger partial charge in [0.25, 0.3) is 0 Å². The Hall–Kier alpha value is -0.0800. The SMILES string of the molecule is CCC(CC)OC1CCCCCC1N. The molecule has 1 fully saturated rings. The third kappa shape index (κ3) is 3.58. The van der Waals surface area contributed by atoms with E-state index in [1.807, 2.05) is 0 Å². The minimum Gasteiger partial charge on any atom is -0.373 e. The first-order chi connectivity index (χ1) is 6.77. The van der Waals surface area contributed by atoms with Gasteiger partial charge < -0.3 is 10.5 Å². The molecule has 0 saturated heterocycles. The van der Waals surface area contributed by atoms with E-state index in [0.29, 0.717) is 12.2 Å². The van der Waals surface area contributed by atoms with E-state index in [1.165, 1.54) is 19.3 Å². The Kier molecular flexibility index (Phi) is 5.49. The quantitative estimate of drug-likeness (QED) is 0.707. The molecule has 84 valence electrons. The van der Waals surface area contributed by atoms with Gasteiger partial charge in [0.05, 0.1) is 12.2 Å². The Bertz CT molecular complexity index is 145. The summed E-state index contributed by atoms with van der Waals surface area (Å²) in [5, 5.41) is 0. The Labute approximate surface area is 88.2 Å². The third-order valence-electron chi connectivity index (χ3n) is 3.28. The number of hydrogen-bond donors (Lipinski definition) is 1. The summed E-state index contributed by atoms with van der Waals surface area (Å²) in [7, 11) is 0. The molecule has 0 aromatic rings. The second-order valence-corrected chi connectivity index (χ2v) is 4.41. The Morgan fingerprint density at radius 1 is 1.14 bits per heavy atom. The first kappa shape index (κ1) is 12.0. The molecule has 0 heterocycles. The van der Waals surface area contributed by atoms with Crippen molar-refractivity contribution in [1.29, 1.82) is 0 Å². The Balaban J connectivity index is 2.39. The van der Waals surface area contributed by atoms with E-state index in [1.54, 1.807) is 0 Å². The average Bonchev–Trinajstić information content (AvgIpc) is 2.40. The number of hydrogen-bond acceptors (Lipinski definition) is 2. The van der Waals surface area contributed by atoms with Gasteiger partial charge in [0.2, 0.25) is 0 Å². The van der Waals surface area contributed by atoms with Crippen molar-refractivity contribution >= 4 is 0 Å². The summed E-state index contributed by atoms with van der Waals surface area (Å²) >= 11 is 0. The van der Waals surface area contributed by atoms with Gasteiger partial charge >= 0.3 is 0 Å². The number of ether oxygens (including phenoxy) is 1. The van der Waals surface area contributed by atoms with Crippen LogP contribution in [0.2, 0.25) is 0 Å². The number of rotatable bonds is 4. The molecule has 2 unspecified atom stereocenters. The summed E-state index contributed by atoms with van der Waals surface area (Å²) in [5.41, 5.74) is 6.11. The molecule has 0 spiro atoms. The molecule has 0 aromatic heterocycles. The van der Waals surface area contributed by atoms with Gasteiger partial charge in [-0.05, 0) is 25.7 Å². The Morgan fingerprint density at radius 3 is 2.43 bits per heavy atom. The van der Waals surface area contributed by atoms with Gasteiger partial charge in [0.15, 0.2) is 0 Å². The van der Waals surface area contributed by atoms with Crippen LogP contribution in [0.1, 0.15) is 58.8 Å². The van der Waals surface area contributed by atoms with E-state index in [4.69, 9.17) is 10.5 Å². The maximum Gasteiger partial charge on any atom is 0.0729 e. The fourth-order valence-corrected chi connectivity index (χ4v) is 2.20. The van der Waals surface area contributed by atoms with Crippen LogP contribution < -0.4 is 5.73 Å². The van der Waals surface area contributed by atoms with E-state index >= 15 is 0 Å². The Morgan fingerprint density at radius 2 is 1.79 bits per heavy atom. The van der Waals surface area contributed by atoms with Crippen LogP contribution >= 0.6 is 0 Å². The summed E-state index contributed by atoms with van der Waals surface area (Å²) in [6, 6.07) is 0.276. The lowest BCUT2D eigenvalue weighted by Crippen LogP contribution is -2.38. The van der Waals surface area contributed by atoms with Crippen molar-refractivity contribution in [1.82, 2.24) is 0 Å². The van der Waals surface area contributed by atoms with Crippen molar-refractivity contribution in [3.63, 3.8) is 0 Å². The predicted molar refractivity (Wildman–Crippen MR) is 60.3 cm³/mol. The maximum atomic E-state index is 6.11. The standard InChI is InChI=1S/C12H25NO/c1-3-10(4-2)14-12-9-7-5-6-8-11(12)13/h10-12H,3-9,13H2,1-2H3. The molecule has 2 heteroatoms. The highest BCUT2D eigenvalue weighted by Gasteiger charge is 2.22. The minimum absolute atomic E-state index is 0.276. The zero-order chi connectivity index (χ0) is 10.4. The molecule has 2 atom stereocenters. The molecule has 1 rings (SSSR count). The van der Waals surface area contributed by atoms with E-state index in [0.717, 1.165) is 25.7 Å². The van der Waals surface area contributed by atoms with Gasteiger partial charge in [-0.1, -0.05) is 33.1 Å². The molecule has 0 aliphatic heterocycles. The van der Waals surface area contributed by atoms with Crippen LogP contribution in [0.5, 0.6) is 0 Å². The van der Waals surface area contributed by atoms with E-state index in [2.05, 4.69) is 13.8 Å². The van der Waals surface area contributed by atoms with Crippen LogP contribution in [0, 0.1) is 0 Å². The highest BCUT2D eigenvalue weighted by molar-refractivity contribution is 4.78. The number of nitrogens with two attached hydrogens (primary N) is 1. The molecule has 0 amide bonds. The lowest BCUT2D eigenvalue weighted by molar-refractivity contribution is -0.0311. The molecule has 0 radical (unpaired) electrons. The van der Waals surface area contributed by atoms with Crippen molar-refractivity contribution in [3.05, 3.63) is 0 Å². The van der Waals surface area contributed by atoms with Gasteiger partial charge in [0, 0.05) is 6.04 Å². The topological polar surface area (TPSA) is 35.2 Å². The molecule has 0 bridgehead atoms. The zero-order valence-electron chi connectivity index (χ0n) is 9.67. The lowest BCUT2D eigenvalue weighted by Gasteiger charge is -2.26. The summed E-state index contributed by atoms with van der Waals surface area (Å²) in [4.78, 5) is 0. The molecular formula is C12H25NO. The molecular weight excluding hydrogens is 174 g/mol. The normalized spacial score (nSPS) is 29.1. The van der Waals surface area contributed by atoms with E-state index in [-0.39, 0.29) is 6.04 Å². The van der Waals surface area contributed by atoms with E-state index < -0.39 is 0 Å².